The minimum Gasteiger partial charge on any atom is -0.493 e. The van der Waals surface area contributed by atoms with Gasteiger partial charge in [-0.15, -0.1) is 0 Å². The van der Waals surface area contributed by atoms with Gasteiger partial charge in [0.15, 0.2) is 0 Å². The minimum absolute atomic E-state index is 0.567. The van der Waals surface area contributed by atoms with Gasteiger partial charge in [-0.25, -0.2) is 0 Å². The Morgan fingerprint density at radius 2 is 1.44 bits per heavy atom. The molecule has 0 atom stereocenters. The molecule has 0 radical (unpaired) electrons. The number of hydrogen-bond donors (Lipinski definition) is 0. The summed E-state index contributed by atoms with van der Waals surface area (Å²) in [6.07, 6.45) is 1.67. The van der Waals surface area contributed by atoms with Crippen molar-refractivity contribution >= 4 is 39.3 Å². The molecule has 1 amide bonds. The predicted octanol–water partition coefficient (Wildman–Crippen LogP) is 6.91. The number of amides is 1. The second kappa shape index (κ2) is 8.94. The molecule has 0 aromatic heterocycles. The standard InChI is InChI=1S/C29H23NO2/c31-21-30(29-14-5-10-24-8-3-4-13-28(24)29)26-11-6-12-27(20-26)32-18-17-22-15-16-23-7-1-2-9-25(23)19-22/h1-16,19-21H,17-18H2. The predicted molar refractivity (Wildman–Crippen MR) is 132 cm³/mol. The topological polar surface area (TPSA) is 29.5 Å². The van der Waals surface area contributed by atoms with Crippen LogP contribution < -0.4 is 9.64 Å². The Bertz CT molecular complexity index is 1390. The molecular weight excluding hydrogens is 394 g/mol. The first kappa shape index (κ1) is 19.8. The highest BCUT2D eigenvalue weighted by atomic mass is 16.5. The van der Waals surface area contributed by atoms with E-state index in [9.17, 15) is 4.79 Å². The number of anilines is 2. The first-order valence-corrected chi connectivity index (χ1v) is 10.7. The van der Waals surface area contributed by atoms with E-state index in [0.717, 1.165) is 40.7 Å². The lowest BCUT2D eigenvalue weighted by Crippen LogP contribution is -2.14. The van der Waals surface area contributed by atoms with Gasteiger partial charge < -0.3 is 4.74 Å². The van der Waals surface area contributed by atoms with Crippen molar-refractivity contribution in [2.45, 2.75) is 6.42 Å². The lowest BCUT2D eigenvalue weighted by molar-refractivity contribution is -0.106. The van der Waals surface area contributed by atoms with Crippen LogP contribution in [0.15, 0.2) is 109 Å². The van der Waals surface area contributed by atoms with Crippen molar-refractivity contribution < 1.29 is 9.53 Å². The van der Waals surface area contributed by atoms with Gasteiger partial charge >= 0.3 is 0 Å². The van der Waals surface area contributed by atoms with E-state index in [-0.39, 0.29) is 0 Å². The third kappa shape index (κ3) is 4.06. The van der Waals surface area contributed by atoms with Crippen LogP contribution in [0.4, 0.5) is 11.4 Å². The van der Waals surface area contributed by atoms with Gasteiger partial charge in [-0.1, -0.05) is 84.9 Å². The number of hydrogen-bond acceptors (Lipinski definition) is 2. The van der Waals surface area contributed by atoms with Crippen molar-refractivity contribution in [1.29, 1.82) is 0 Å². The van der Waals surface area contributed by atoms with Crippen molar-refractivity contribution in [1.82, 2.24) is 0 Å². The van der Waals surface area contributed by atoms with E-state index in [1.165, 1.54) is 16.3 Å². The first-order valence-electron chi connectivity index (χ1n) is 10.7. The highest BCUT2D eigenvalue weighted by Gasteiger charge is 2.12. The molecule has 0 saturated carbocycles. The highest BCUT2D eigenvalue weighted by molar-refractivity contribution is 6.02. The van der Waals surface area contributed by atoms with Crippen LogP contribution in [0.2, 0.25) is 0 Å². The maximum Gasteiger partial charge on any atom is 0.218 e. The Labute approximate surface area is 187 Å². The van der Waals surface area contributed by atoms with E-state index >= 15 is 0 Å². The van der Waals surface area contributed by atoms with Gasteiger partial charge in [-0.2, -0.15) is 0 Å². The summed E-state index contributed by atoms with van der Waals surface area (Å²) >= 11 is 0. The number of ether oxygens (including phenoxy) is 1. The molecule has 0 aliphatic heterocycles. The SMILES string of the molecule is O=CN(c1cccc(OCCc2ccc3ccccc3c2)c1)c1cccc2ccccc12. The fourth-order valence-corrected chi connectivity index (χ4v) is 4.08. The Morgan fingerprint density at radius 3 is 2.31 bits per heavy atom. The maximum atomic E-state index is 12.1. The van der Waals surface area contributed by atoms with Crippen LogP contribution in [-0.2, 0) is 11.2 Å². The summed E-state index contributed by atoms with van der Waals surface area (Å²) in [5, 5.41) is 4.61. The summed E-state index contributed by atoms with van der Waals surface area (Å²) in [6.45, 7) is 0.567. The number of rotatable bonds is 7. The van der Waals surface area contributed by atoms with Crippen LogP contribution in [0.5, 0.6) is 5.75 Å². The van der Waals surface area contributed by atoms with Gasteiger partial charge in [-0.05, 0) is 39.9 Å². The van der Waals surface area contributed by atoms with Gasteiger partial charge in [0.25, 0.3) is 0 Å². The number of benzene rings is 5. The van der Waals surface area contributed by atoms with Gasteiger partial charge in [0.2, 0.25) is 6.41 Å². The van der Waals surface area contributed by atoms with Crippen molar-refractivity contribution in [2.75, 3.05) is 11.5 Å². The average molecular weight is 418 g/mol. The minimum atomic E-state index is 0.567. The molecule has 0 aliphatic carbocycles. The molecule has 156 valence electrons. The molecule has 5 aromatic rings. The molecule has 5 aromatic carbocycles. The lowest BCUT2D eigenvalue weighted by atomic mass is 10.1. The molecule has 0 saturated heterocycles. The zero-order chi connectivity index (χ0) is 21.8. The summed E-state index contributed by atoms with van der Waals surface area (Å²) in [7, 11) is 0. The van der Waals surface area contributed by atoms with Crippen LogP contribution in [0.3, 0.4) is 0 Å². The van der Waals surface area contributed by atoms with Crippen molar-refractivity contribution in [2.24, 2.45) is 0 Å². The summed E-state index contributed by atoms with van der Waals surface area (Å²) in [5.74, 6) is 0.746. The Kier molecular flexibility index (Phi) is 5.54. The van der Waals surface area contributed by atoms with Crippen LogP contribution >= 0.6 is 0 Å². The monoisotopic (exact) mass is 417 g/mol. The van der Waals surface area contributed by atoms with E-state index < -0.39 is 0 Å². The zero-order valence-corrected chi connectivity index (χ0v) is 17.6. The van der Waals surface area contributed by atoms with Crippen LogP contribution in [-0.4, -0.2) is 13.0 Å². The molecule has 0 spiro atoms. The molecule has 0 heterocycles. The van der Waals surface area contributed by atoms with E-state index in [1.807, 2.05) is 66.7 Å². The van der Waals surface area contributed by atoms with Crippen molar-refractivity contribution in [3.8, 4) is 5.75 Å². The number of carbonyl (C=O) groups excluding carboxylic acids is 1. The molecule has 0 fully saturated rings. The second-order valence-corrected chi connectivity index (χ2v) is 7.75. The zero-order valence-electron chi connectivity index (χ0n) is 17.6. The van der Waals surface area contributed by atoms with E-state index in [4.69, 9.17) is 4.74 Å². The summed E-state index contributed by atoms with van der Waals surface area (Å²) in [5.41, 5.74) is 2.87. The fourth-order valence-electron chi connectivity index (χ4n) is 4.08. The van der Waals surface area contributed by atoms with E-state index in [2.05, 4.69) is 42.5 Å². The second-order valence-electron chi connectivity index (χ2n) is 7.75. The van der Waals surface area contributed by atoms with E-state index in [0.29, 0.717) is 6.61 Å². The normalized spacial score (nSPS) is 10.9. The largest absolute Gasteiger partial charge is 0.493 e. The van der Waals surface area contributed by atoms with Crippen LogP contribution in [0, 0.1) is 0 Å². The van der Waals surface area contributed by atoms with Crippen molar-refractivity contribution in [3.05, 3.63) is 115 Å². The molecule has 5 rings (SSSR count). The summed E-state index contributed by atoms with van der Waals surface area (Å²) < 4.78 is 6.04. The molecule has 0 unspecified atom stereocenters. The van der Waals surface area contributed by atoms with E-state index in [1.54, 1.807) is 4.90 Å². The Balaban J connectivity index is 1.33. The summed E-state index contributed by atoms with van der Waals surface area (Å²) in [4.78, 5) is 13.7. The van der Waals surface area contributed by atoms with Gasteiger partial charge in [0.05, 0.1) is 18.0 Å². The van der Waals surface area contributed by atoms with Crippen LogP contribution in [0.1, 0.15) is 5.56 Å². The number of fused-ring (bicyclic) bond motifs is 2. The molecule has 3 nitrogen and oxygen atoms in total. The number of carbonyl (C=O) groups is 1. The Morgan fingerprint density at radius 1 is 0.688 bits per heavy atom. The Hall–Kier alpha value is -4.11. The smallest absolute Gasteiger partial charge is 0.218 e. The van der Waals surface area contributed by atoms with Gasteiger partial charge in [0, 0.05) is 17.9 Å². The average Bonchev–Trinajstić information content (AvgIpc) is 2.85. The quantitative estimate of drug-likeness (QED) is 0.269. The third-order valence-electron chi connectivity index (χ3n) is 5.70. The number of nitrogens with zero attached hydrogens (tertiary/aromatic N) is 1. The molecule has 32 heavy (non-hydrogen) atoms. The molecule has 0 aliphatic rings. The molecular formula is C29H23NO2. The van der Waals surface area contributed by atoms with Crippen molar-refractivity contribution in [3.63, 3.8) is 0 Å². The molecule has 0 bridgehead atoms. The first-order chi connectivity index (χ1) is 15.8. The maximum absolute atomic E-state index is 12.1. The highest BCUT2D eigenvalue weighted by Crippen LogP contribution is 2.32. The van der Waals surface area contributed by atoms with Gasteiger partial charge in [-0.3, -0.25) is 9.69 Å². The molecule has 0 N–H and O–H groups in total. The third-order valence-corrected chi connectivity index (χ3v) is 5.70. The summed E-state index contributed by atoms with van der Waals surface area (Å²) in [6, 6.07) is 36.6. The van der Waals surface area contributed by atoms with Crippen LogP contribution in [0.25, 0.3) is 21.5 Å². The lowest BCUT2D eigenvalue weighted by Gasteiger charge is -2.20. The fraction of sp³-hybridized carbons (Fsp3) is 0.0690. The molecule has 3 heteroatoms. The van der Waals surface area contributed by atoms with Gasteiger partial charge in [0.1, 0.15) is 5.75 Å².